The third kappa shape index (κ3) is 3.53. The molecule has 18 heavy (non-hydrogen) atoms. The van der Waals surface area contributed by atoms with E-state index in [2.05, 4.69) is 21.2 Å². The van der Waals surface area contributed by atoms with Gasteiger partial charge in [0, 0.05) is 18.2 Å². The van der Waals surface area contributed by atoms with Crippen LogP contribution < -0.4 is 10.1 Å². The highest BCUT2D eigenvalue weighted by atomic mass is 79.9. The summed E-state index contributed by atoms with van der Waals surface area (Å²) in [4.78, 5) is 0. The Labute approximate surface area is 121 Å². The van der Waals surface area contributed by atoms with Gasteiger partial charge in [0.05, 0.1) is 22.9 Å². The number of hydrogen-bond donors (Lipinski definition) is 1. The Balaban J connectivity index is 2.08. The number of rotatable bonds is 5. The first-order valence-corrected chi connectivity index (χ1v) is 7.35. The summed E-state index contributed by atoms with van der Waals surface area (Å²) in [5.41, 5.74) is 0.909. The molecular weight excluding hydrogens is 318 g/mol. The van der Waals surface area contributed by atoms with Crippen molar-refractivity contribution in [2.24, 2.45) is 0 Å². The van der Waals surface area contributed by atoms with Crippen molar-refractivity contribution in [3.05, 3.63) is 21.6 Å². The molecule has 5 heteroatoms. The summed E-state index contributed by atoms with van der Waals surface area (Å²) in [6.45, 7) is 4.23. The fourth-order valence-electron chi connectivity index (χ4n) is 2.01. The van der Waals surface area contributed by atoms with Gasteiger partial charge in [0.15, 0.2) is 5.75 Å². The summed E-state index contributed by atoms with van der Waals surface area (Å²) in [6, 6.07) is 3.72. The van der Waals surface area contributed by atoms with Crippen molar-refractivity contribution >= 4 is 33.2 Å². The van der Waals surface area contributed by atoms with Gasteiger partial charge in [0.1, 0.15) is 0 Å². The van der Waals surface area contributed by atoms with Crippen molar-refractivity contribution in [1.29, 1.82) is 0 Å². The van der Waals surface area contributed by atoms with Gasteiger partial charge in [-0.25, -0.2) is 0 Å². The van der Waals surface area contributed by atoms with Crippen molar-refractivity contribution in [3.8, 4) is 5.75 Å². The first-order chi connectivity index (χ1) is 8.70. The number of hydrogen-bond acceptors (Lipinski definition) is 3. The SMILES string of the molecule is CCOc1c(Br)cc(Cl)cc1NCC1CCCO1. The van der Waals surface area contributed by atoms with E-state index in [9.17, 15) is 0 Å². The lowest BCUT2D eigenvalue weighted by Crippen LogP contribution is -2.18. The fraction of sp³-hybridized carbons (Fsp3) is 0.538. The molecular formula is C13H17BrClNO2. The summed E-state index contributed by atoms with van der Waals surface area (Å²) < 4.78 is 12.1. The van der Waals surface area contributed by atoms with Crippen LogP contribution in [0.25, 0.3) is 0 Å². The monoisotopic (exact) mass is 333 g/mol. The van der Waals surface area contributed by atoms with Crippen molar-refractivity contribution in [3.63, 3.8) is 0 Å². The molecule has 100 valence electrons. The molecule has 0 spiro atoms. The van der Waals surface area contributed by atoms with E-state index in [0.717, 1.165) is 41.9 Å². The average Bonchev–Trinajstić information content (AvgIpc) is 2.83. The minimum absolute atomic E-state index is 0.289. The van der Waals surface area contributed by atoms with Crippen LogP contribution in [0.4, 0.5) is 5.69 Å². The van der Waals surface area contributed by atoms with E-state index in [1.807, 2.05) is 19.1 Å². The van der Waals surface area contributed by atoms with Crippen LogP contribution in [0.3, 0.4) is 0 Å². The zero-order chi connectivity index (χ0) is 13.0. The molecule has 1 saturated heterocycles. The standard InChI is InChI=1S/C13H17BrClNO2/c1-2-17-13-11(14)6-9(15)7-12(13)16-8-10-4-3-5-18-10/h6-7,10,16H,2-5,8H2,1H3. The average molecular weight is 335 g/mol. The third-order valence-electron chi connectivity index (χ3n) is 2.84. The van der Waals surface area contributed by atoms with Crippen molar-refractivity contribution in [2.45, 2.75) is 25.9 Å². The molecule has 1 aromatic rings. The lowest BCUT2D eigenvalue weighted by atomic mass is 10.2. The minimum atomic E-state index is 0.289. The second-order valence-electron chi connectivity index (χ2n) is 4.21. The Morgan fingerprint density at radius 1 is 1.56 bits per heavy atom. The fourth-order valence-corrected chi connectivity index (χ4v) is 2.94. The first-order valence-electron chi connectivity index (χ1n) is 6.18. The quantitative estimate of drug-likeness (QED) is 0.879. The predicted octanol–water partition coefficient (Wildman–Crippen LogP) is 4.09. The molecule has 3 nitrogen and oxygen atoms in total. The second-order valence-corrected chi connectivity index (χ2v) is 5.50. The Kier molecular flexibility index (Phi) is 5.15. The molecule has 1 N–H and O–H groups in total. The van der Waals surface area contributed by atoms with Gasteiger partial charge in [-0.2, -0.15) is 0 Å². The van der Waals surface area contributed by atoms with Crippen molar-refractivity contribution < 1.29 is 9.47 Å². The largest absolute Gasteiger partial charge is 0.491 e. The molecule has 0 aromatic heterocycles. The summed E-state index contributed by atoms with van der Waals surface area (Å²) in [5.74, 6) is 0.805. The summed E-state index contributed by atoms with van der Waals surface area (Å²) in [7, 11) is 0. The van der Waals surface area contributed by atoms with Gasteiger partial charge >= 0.3 is 0 Å². The highest BCUT2D eigenvalue weighted by Crippen LogP contribution is 2.36. The molecule has 1 atom stereocenters. The van der Waals surface area contributed by atoms with Crippen LogP contribution in [-0.2, 0) is 4.74 Å². The number of nitrogens with one attached hydrogen (secondary N) is 1. The Bertz CT molecular complexity index is 408. The van der Waals surface area contributed by atoms with Gasteiger partial charge in [-0.05, 0) is 47.8 Å². The van der Waals surface area contributed by atoms with Crippen LogP contribution in [0.15, 0.2) is 16.6 Å². The molecule has 2 rings (SSSR count). The molecule has 1 unspecified atom stereocenters. The van der Waals surface area contributed by atoms with Gasteiger partial charge in [0.25, 0.3) is 0 Å². The van der Waals surface area contributed by atoms with Gasteiger partial charge in [-0.15, -0.1) is 0 Å². The highest BCUT2D eigenvalue weighted by Gasteiger charge is 2.17. The molecule has 1 aliphatic heterocycles. The maximum Gasteiger partial charge on any atom is 0.156 e. The number of halogens is 2. The summed E-state index contributed by atoms with van der Waals surface area (Å²) in [6.07, 6.45) is 2.54. The van der Waals surface area contributed by atoms with Crippen LogP contribution >= 0.6 is 27.5 Å². The van der Waals surface area contributed by atoms with E-state index in [-0.39, 0.29) is 6.10 Å². The van der Waals surface area contributed by atoms with Gasteiger partial charge in [-0.1, -0.05) is 11.6 Å². The van der Waals surface area contributed by atoms with Gasteiger partial charge < -0.3 is 14.8 Å². The summed E-state index contributed by atoms with van der Waals surface area (Å²) >= 11 is 9.53. The Hall–Kier alpha value is -0.450. The molecule has 1 heterocycles. The van der Waals surface area contributed by atoms with E-state index in [1.165, 1.54) is 0 Å². The van der Waals surface area contributed by atoms with Crippen molar-refractivity contribution in [2.75, 3.05) is 25.1 Å². The van der Waals surface area contributed by atoms with Gasteiger partial charge in [0.2, 0.25) is 0 Å². The van der Waals surface area contributed by atoms with Gasteiger partial charge in [-0.3, -0.25) is 0 Å². The van der Waals surface area contributed by atoms with Crippen LogP contribution in [0.5, 0.6) is 5.75 Å². The minimum Gasteiger partial charge on any atom is -0.491 e. The smallest absolute Gasteiger partial charge is 0.156 e. The molecule has 1 aromatic carbocycles. The van der Waals surface area contributed by atoms with E-state index in [4.69, 9.17) is 21.1 Å². The van der Waals surface area contributed by atoms with Crippen LogP contribution in [-0.4, -0.2) is 25.9 Å². The lowest BCUT2D eigenvalue weighted by Gasteiger charge is -2.16. The normalized spacial score (nSPS) is 18.9. The zero-order valence-corrected chi connectivity index (χ0v) is 12.7. The van der Waals surface area contributed by atoms with E-state index >= 15 is 0 Å². The molecule has 0 radical (unpaired) electrons. The highest BCUT2D eigenvalue weighted by molar-refractivity contribution is 9.10. The van der Waals surface area contributed by atoms with Crippen LogP contribution in [0, 0.1) is 0 Å². The maximum atomic E-state index is 6.06. The first kappa shape index (κ1) is 14.0. The molecule has 0 amide bonds. The topological polar surface area (TPSA) is 30.5 Å². The Morgan fingerprint density at radius 2 is 2.39 bits per heavy atom. The second kappa shape index (κ2) is 6.64. The number of ether oxygens (including phenoxy) is 2. The number of anilines is 1. The molecule has 0 bridgehead atoms. The lowest BCUT2D eigenvalue weighted by molar-refractivity contribution is 0.120. The molecule has 1 aliphatic rings. The van der Waals surface area contributed by atoms with Crippen LogP contribution in [0.1, 0.15) is 19.8 Å². The van der Waals surface area contributed by atoms with Crippen molar-refractivity contribution in [1.82, 2.24) is 0 Å². The molecule has 0 saturated carbocycles. The summed E-state index contributed by atoms with van der Waals surface area (Å²) in [5, 5.41) is 4.04. The molecule has 0 aliphatic carbocycles. The third-order valence-corrected chi connectivity index (χ3v) is 3.65. The van der Waals surface area contributed by atoms with Crippen LogP contribution in [0.2, 0.25) is 5.02 Å². The number of benzene rings is 1. The van der Waals surface area contributed by atoms with E-state index in [1.54, 1.807) is 0 Å². The molecule has 1 fully saturated rings. The predicted molar refractivity (Wildman–Crippen MR) is 77.8 cm³/mol. The Morgan fingerprint density at radius 3 is 3.06 bits per heavy atom. The maximum absolute atomic E-state index is 6.06. The van der Waals surface area contributed by atoms with E-state index < -0.39 is 0 Å². The zero-order valence-electron chi connectivity index (χ0n) is 10.3. The van der Waals surface area contributed by atoms with E-state index in [0.29, 0.717) is 11.6 Å².